The maximum Gasteiger partial charge on any atom is 0.417 e. The molecule has 2 aromatic rings. The van der Waals surface area contributed by atoms with Crippen LogP contribution in [0.1, 0.15) is 31.9 Å². The van der Waals surface area contributed by atoms with Crippen LogP contribution >= 0.6 is 11.8 Å². The highest BCUT2D eigenvalue weighted by Gasteiger charge is 2.35. The van der Waals surface area contributed by atoms with E-state index in [0.717, 1.165) is 17.8 Å². The fourth-order valence-electron chi connectivity index (χ4n) is 3.38. The summed E-state index contributed by atoms with van der Waals surface area (Å²) in [7, 11) is 0. The lowest BCUT2D eigenvalue weighted by Gasteiger charge is -2.36. The van der Waals surface area contributed by atoms with Gasteiger partial charge in [0.25, 0.3) is 5.91 Å². The van der Waals surface area contributed by atoms with E-state index >= 15 is 0 Å². The summed E-state index contributed by atoms with van der Waals surface area (Å²) in [6.07, 6.45) is -5.05. The molecule has 1 fully saturated rings. The SMILES string of the molecule is C=C(C(=O)N1CCN(C(=O)OC(C)(C)C)CC1)c1ccc(Sc2ccccc2)c(C(F)(F)F)c1. The van der Waals surface area contributed by atoms with Crippen molar-refractivity contribution in [3.8, 4) is 0 Å². The Labute approximate surface area is 201 Å². The van der Waals surface area contributed by atoms with Gasteiger partial charge in [-0.1, -0.05) is 42.6 Å². The first-order valence-corrected chi connectivity index (χ1v) is 11.6. The molecule has 0 N–H and O–H groups in total. The Morgan fingerprint density at radius 2 is 1.53 bits per heavy atom. The van der Waals surface area contributed by atoms with E-state index in [4.69, 9.17) is 4.74 Å². The van der Waals surface area contributed by atoms with Crippen LogP contribution in [0.25, 0.3) is 5.57 Å². The van der Waals surface area contributed by atoms with E-state index in [-0.39, 0.29) is 42.2 Å². The van der Waals surface area contributed by atoms with Gasteiger partial charge >= 0.3 is 12.3 Å². The number of benzene rings is 2. The fourth-order valence-corrected chi connectivity index (χ4v) is 4.34. The first-order valence-electron chi connectivity index (χ1n) is 10.8. The zero-order valence-corrected chi connectivity index (χ0v) is 20.1. The van der Waals surface area contributed by atoms with Crippen LogP contribution in [-0.2, 0) is 15.7 Å². The van der Waals surface area contributed by atoms with E-state index in [2.05, 4.69) is 6.58 Å². The number of rotatable bonds is 4. The summed E-state index contributed by atoms with van der Waals surface area (Å²) < 4.78 is 46.7. The Bertz CT molecular complexity index is 1060. The molecule has 0 aliphatic carbocycles. The number of amides is 2. The molecule has 9 heteroatoms. The number of piperazine rings is 1. The highest BCUT2D eigenvalue weighted by molar-refractivity contribution is 7.99. The zero-order valence-electron chi connectivity index (χ0n) is 19.3. The minimum Gasteiger partial charge on any atom is -0.444 e. The summed E-state index contributed by atoms with van der Waals surface area (Å²) >= 11 is 1.01. The predicted octanol–water partition coefficient (Wildman–Crippen LogP) is 5.95. The molecular formula is C25H27F3N2O3S. The number of alkyl halides is 3. The second-order valence-corrected chi connectivity index (χ2v) is 9.98. The van der Waals surface area contributed by atoms with Gasteiger partial charge in [-0.3, -0.25) is 4.79 Å². The van der Waals surface area contributed by atoms with E-state index in [9.17, 15) is 22.8 Å². The molecule has 0 atom stereocenters. The summed E-state index contributed by atoms with van der Waals surface area (Å²) in [5.41, 5.74) is -1.35. The lowest BCUT2D eigenvalue weighted by atomic mass is 10.0. The Balaban J connectivity index is 1.72. The molecule has 0 spiro atoms. The summed E-state index contributed by atoms with van der Waals surface area (Å²) in [4.78, 5) is 28.9. The highest BCUT2D eigenvalue weighted by atomic mass is 32.2. The van der Waals surface area contributed by atoms with Gasteiger partial charge in [0.1, 0.15) is 5.60 Å². The van der Waals surface area contributed by atoms with Gasteiger partial charge in [-0.05, 0) is 50.6 Å². The van der Waals surface area contributed by atoms with Crippen LogP contribution in [0.3, 0.4) is 0 Å². The molecular weight excluding hydrogens is 465 g/mol. The molecule has 3 rings (SSSR count). The van der Waals surface area contributed by atoms with Crippen molar-refractivity contribution in [2.75, 3.05) is 26.2 Å². The van der Waals surface area contributed by atoms with Crippen LogP contribution in [0.15, 0.2) is 64.9 Å². The van der Waals surface area contributed by atoms with Gasteiger partial charge in [0.2, 0.25) is 0 Å². The zero-order chi connectivity index (χ0) is 25.1. The topological polar surface area (TPSA) is 49.9 Å². The number of ether oxygens (including phenoxy) is 1. The van der Waals surface area contributed by atoms with Crippen LogP contribution in [0.2, 0.25) is 0 Å². The fraction of sp³-hybridized carbons (Fsp3) is 0.360. The molecule has 2 aromatic carbocycles. The van der Waals surface area contributed by atoms with Gasteiger partial charge in [-0.2, -0.15) is 13.2 Å². The lowest BCUT2D eigenvalue weighted by Crippen LogP contribution is -2.51. The van der Waals surface area contributed by atoms with E-state index in [1.807, 2.05) is 0 Å². The molecule has 182 valence electrons. The number of hydrogen-bond donors (Lipinski definition) is 0. The van der Waals surface area contributed by atoms with Gasteiger partial charge in [0.15, 0.2) is 0 Å². The summed E-state index contributed by atoms with van der Waals surface area (Å²) in [6.45, 7) is 10.1. The third-order valence-electron chi connectivity index (χ3n) is 5.08. The molecule has 34 heavy (non-hydrogen) atoms. The molecule has 2 amide bonds. The maximum absolute atomic E-state index is 13.8. The first-order chi connectivity index (χ1) is 15.8. The maximum atomic E-state index is 13.8. The quantitative estimate of drug-likeness (QED) is 0.495. The van der Waals surface area contributed by atoms with Crippen LogP contribution in [0.4, 0.5) is 18.0 Å². The second kappa shape index (κ2) is 10.1. The molecule has 1 aliphatic heterocycles. The predicted molar refractivity (Wildman–Crippen MR) is 125 cm³/mol. The van der Waals surface area contributed by atoms with E-state index in [1.54, 1.807) is 51.1 Å². The highest BCUT2D eigenvalue weighted by Crippen LogP contribution is 2.40. The largest absolute Gasteiger partial charge is 0.444 e. The average Bonchev–Trinajstić information content (AvgIpc) is 2.77. The number of carbonyl (C=O) groups is 2. The molecule has 0 radical (unpaired) electrons. The van der Waals surface area contributed by atoms with Crippen LogP contribution in [0.5, 0.6) is 0 Å². The van der Waals surface area contributed by atoms with Crippen molar-refractivity contribution >= 4 is 29.3 Å². The number of hydrogen-bond acceptors (Lipinski definition) is 4. The molecule has 0 aromatic heterocycles. The summed E-state index contributed by atoms with van der Waals surface area (Å²) in [5.74, 6) is -0.458. The molecule has 0 unspecified atom stereocenters. The van der Waals surface area contributed by atoms with Gasteiger partial charge in [0.05, 0.1) is 5.56 Å². The monoisotopic (exact) mass is 492 g/mol. The minimum absolute atomic E-state index is 0.0209. The van der Waals surface area contributed by atoms with Crippen LogP contribution in [-0.4, -0.2) is 53.6 Å². The molecule has 1 heterocycles. The number of nitrogens with zero attached hydrogens (tertiary/aromatic N) is 2. The Morgan fingerprint density at radius 3 is 2.09 bits per heavy atom. The van der Waals surface area contributed by atoms with Crippen LogP contribution in [0, 0.1) is 0 Å². The molecule has 1 saturated heterocycles. The van der Waals surface area contributed by atoms with Crippen molar-refractivity contribution in [2.45, 2.75) is 42.3 Å². The Morgan fingerprint density at radius 1 is 0.941 bits per heavy atom. The van der Waals surface area contributed by atoms with E-state index < -0.39 is 29.3 Å². The second-order valence-electron chi connectivity index (χ2n) is 8.86. The van der Waals surface area contributed by atoms with Crippen molar-refractivity contribution in [2.24, 2.45) is 0 Å². The van der Waals surface area contributed by atoms with Crippen molar-refractivity contribution in [3.63, 3.8) is 0 Å². The third kappa shape index (κ3) is 6.56. The van der Waals surface area contributed by atoms with Gasteiger partial charge in [-0.25, -0.2) is 4.79 Å². The van der Waals surface area contributed by atoms with E-state index in [1.165, 1.54) is 21.9 Å². The lowest BCUT2D eigenvalue weighted by molar-refractivity contribution is -0.139. The van der Waals surface area contributed by atoms with E-state index in [0.29, 0.717) is 4.90 Å². The third-order valence-corrected chi connectivity index (χ3v) is 6.16. The normalized spacial score (nSPS) is 14.6. The van der Waals surface area contributed by atoms with Crippen molar-refractivity contribution in [3.05, 3.63) is 66.2 Å². The standard InChI is InChI=1S/C25H27F3N2O3S/c1-17(22(31)29-12-14-30(15-13-29)23(32)33-24(2,3)4)18-10-11-21(20(16-18)25(26,27)28)34-19-8-6-5-7-9-19/h5-11,16H,1,12-15H2,2-4H3. The summed E-state index contributed by atoms with van der Waals surface area (Å²) in [5, 5.41) is 0. The van der Waals surface area contributed by atoms with Crippen molar-refractivity contribution in [1.82, 2.24) is 9.80 Å². The van der Waals surface area contributed by atoms with Crippen molar-refractivity contribution < 1.29 is 27.5 Å². The first kappa shape index (κ1) is 25.7. The van der Waals surface area contributed by atoms with Crippen LogP contribution < -0.4 is 0 Å². The Kier molecular flexibility index (Phi) is 7.65. The molecule has 0 saturated carbocycles. The average molecular weight is 493 g/mol. The van der Waals surface area contributed by atoms with Gasteiger partial charge < -0.3 is 14.5 Å². The smallest absolute Gasteiger partial charge is 0.417 e. The van der Waals surface area contributed by atoms with Gasteiger partial charge in [0, 0.05) is 41.5 Å². The number of halogens is 3. The molecule has 1 aliphatic rings. The number of carbonyl (C=O) groups excluding carboxylic acids is 2. The molecule has 0 bridgehead atoms. The minimum atomic E-state index is -4.59. The summed E-state index contributed by atoms with van der Waals surface area (Å²) in [6, 6.07) is 12.6. The van der Waals surface area contributed by atoms with Crippen molar-refractivity contribution in [1.29, 1.82) is 0 Å². The Hall–Kier alpha value is -2.94. The molecule has 5 nitrogen and oxygen atoms in total. The van der Waals surface area contributed by atoms with Gasteiger partial charge in [-0.15, -0.1) is 0 Å².